The molecule has 1 amide bonds. The third kappa shape index (κ3) is 3.39. The van der Waals surface area contributed by atoms with E-state index in [0.29, 0.717) is 11.8 Å². The SMILES string of the molecule is COc1cc(C(=O)N[C@@H]2CCN3CCCC[C@@H]23)c([N+](=O)[O-])cc1OC. The van der Waals surface area contributed by atoms with Gasteiger partial charge in [0.2, 0.25) is 0 Å². The molecule has 0 aliphatic carbocycles. The Bertz CT molecular complexity index is 678. The lowest BCUT2D eigenvalue weighted by Gasteiger charge is -2.32. The van der Waals surface area contributed by atoms with Crippen LogP contribution >= 0.6 is 0 Å². The summed E-state index contributed by atoms with van der Waals surface area (Å²) in [6.07, 6.45) is 4.28. The molecule has 0 unspecified atom stereocenters. The van der Waals surface area contributed by atoms with Gasteiger partial charge in [0.15, 0.2) is 11.5 Å². The first-order valence-corrected chi connectivity index (χ1v) is 8.50. The molecule has 0 aromatic heterocycles. The van der Waals surface area contributed by atoms with E-state index in [4.69, 9.17) is 9.47 Å². The summed E-state index contributed by atoms with van der Waals surface area (Å²) >= 11 is 0. The second-order valence-corrected chi connectivity index (χ2v) is 6.45. The Morgan fingerprint density at radius 3 is 2.60 bits per heavy atom. The molecule has 136 valence electrons. The van der Waals surface area contributed by atoms with Crippen molar-refractivity contribution >= 4 is 11.6 Å². The van der Waals surface area contributed by atoms with E-state index < -0.39 is 10.8 Å². The van der Waals surface area contributed by atoms with Gasteiger partial charge in [-0.2, -0.15) is 0 Å². The van der Waals surface area contributed by atoms with Crippen LogP contribution in [0.25, 0.3) is 0 Å². The van der Waals surface area contributed by atoms with Gasteiger partial charge in [0, 0.05) is 24.7 Å². The van der Waals surface area contributed by atoms with Crippen molar-refractivity contribution in [2.45, 2.75) is 37.8 Å². The van der Waals surface area contributed by atoms with Gasteiger partial charge in [-0.05, 0) is 25.8 Å². The zero-order chi connectivity index (χ0) is 18.0. The number of fused-ring (bicyclic) bond motifs is 1. The molecule has 0 radical (unpaired) electrons. The Labute approximate surface area is 146 Å². The number of rotatable bonds is 5. The standard InChI is InChI=1S/C17H23N3O5/c1-24-15-9-11(14(20(22)23)10-16(15)25-2)17(21)18-12-6-8-19-7-4-3-5-13(12)19/h9-10,12-13H,3-8H2,1-2H3,(H,18,21)/t12-,13+/m1/s1. The minimum Gasteiger partial charge on any atom is -0.493 e. The molecule has 8 heteroatoms. The van der Waals surface area contributed by atoms with E-state index in [2.05, 4.69) is 10.2 Å². The number of nitrogens with one attached hydrogen (secondary N) is 1. The third-order valence-electron chi connectivity index (χ3n) is 5.12. The minimum absolute atomic E-state index is 0.00286. The average Bonchev–Trinajstić information content (AvgIpc) is 3.03. The van der Waals surface area contributed by atoms with Gasteiger partial charge >= 0.3 is 0 Å². The molecular weight excluding hydrogens is 326 g/mol. The molecule has 1 aromatic rings. The molecule has 2 aliphatic heterocycles. The van der Waals surface area contributed by atoms with E-state index in [0.717, 1.165) is 32.4 Å². The summed E-state index contributed by atoms with van der Waals surface area (Å²) in [7, 11) is 2.83. The summed E-state index contributed by atoms with van der Waals surface area (Å²) in [4.78, 5) is 25.9. The van der Waals surface area contributed by atoms with E-state index >= 15 is 0 Å². The molecule has 1 N–H and O–H groups in total. The second kappa shape index (κ2) is 7.26. The zero-order valence-electron chi connectivity index (χ0n) is 14.5. The van der Waals surface area contributed by atoms with Crippen molar-refractivity contribution in [3.8, 4) is 11.5 Å². The lowest BCUT2D eigenvalue weighted by molar-refractivity contribution is -0.385. The first kappa shape index (κ1) is 17.5. The van der Waals surface area contributed by atoms with Crippen LogP contribution in [0.5, 0.6) is 11.5 Å². The highest BCUT2D eigenvalue weighted by atomic mass is 16.6. The van der Waals surface area contributed by atoms with E-state index in [9.17, 15) is 14.9 Å². The number of hydrogen-bond donors (Lipinski definition) is 1. The van der Waals surface area contributed by atoms with Gasteiger partial charge in [0.05, 0.1) is 25.2 Å². The highest BCUT2D eigenvalue weighted by Crippen LogP contribution is 2.35. The molecule has 0 saturated carbocycles. The topological polar surface area (TPSA) is 93.9 Å². The predicted molar refractivity (Wildman–Crippen MR) is 91.3 cm³/mol. The van der Waals surface area contributed by atoms with Crippen LogP contribution in [-0.2, 0) is 0 Å². The van der Waals surface area contributed by atoms with Crippen molar-refractivity contribution in [1.29, 1.82) is 0 Å². The smallest absolute Gasteiger partial charge is 0.286 e. The van der Waals surface area contributed by atoms with Gasteiger partial charge in [0.1, 0.15) is 5.56 Å². The minimum atomic E-state index is -0.571. The van der Waals surface area contributed by atoms with Crippen LogP contribution in [0.4, 0.5) is 5.69 Å². The number of nitro groups is 1. The number of methoxy groups -OCH3 is 2. The highest BCUT2D eigenvalue weighted by Gasteiger charge is 2.37. The Kier molecular flexibility index (Phi) is 5.08. The van der Waals surface area contributed by atoms with Crippen molar-refractivity contribution in [3.63, 3.8) is 0 Å². The Morgan fingerprint density at radius 1 is 1.20 bits per heavy atom. The maximum Gasteiger partial charge on any atom is 0.286 e. The molecule has 2 aliphatic rings. The van der Waals surface area contributed by atoms with Crippen LogP contribution in [0.1, 0.15) is 36.0 Å². The maximum atomic E-state index is 12.7. The summed E-state index contributed by atoms with van der Waals surface area (Å²) in [6, 6.07) is 2.97. The second-order valence-electron chi connectivity index (χ2n) is 6.45. The fraction of sp³-hybridized carbons (Fsp3) is 0.588. The molecule has 3 rings (SSSR count). The third-order valence-corrected chi connectivity index (χ3v) is 5.12. The molecule has 2 fully saturated rings. The number of hydrogen-bond acceptors (Lipinski definition) is 6. The van der Waals surface area contributed by atoms with E-state index in [1.165, 1.54) is 32.8 Å². The van der Waals surface area contributed by atoms with E-state index in [1.807, 2.05) is 0 Å². The number of nitro benzene ring substituents is 1. The van der Waals surface area contributed by atoms with Crippen LogP contribution in [0.2, 0.25) is 0 Å². The fourth-order valence-electron chi connectivity index (χ4n) is 3.86. The van der Waals surface area contributed by atoms with E-state index in [-0.39, 0.29) is 23.0 Å². The largest absolute Gasteiger partial charge is 0.493 e. The number of nitrogens with zero attached hydrogens (tertiary/aromatic N) is 2. The molecule has 25 heavy (non-hydrogen) atoms. The van der Waals surface area contributed by atoms with Crippen LogP contribution in [-0.4, -0.2) is 55.1 Å². The average molecular weight is 349 g/mol. The highest BCUT2D eigenvalue weighted by molar-refractivity contribution is 5.99. The van der Waals surface area contributed by atoms with Gasteiger partial charge in [-0.15, -0.1) is 0 Å². The van der Waals surface area contributed by atoms with Crippen molar-refractivity contribution in [2.24, 2.45) is 0 Å². The van der Waals surface area contributed by atoms with E-state index in [1.54, 1.807) is 0 Å². The predicted octanol–water partition coefficient (Wildman–Crippen LogP) is 1.97. The van der Waals surface area contributed by atoms with Crippen molar-refractivity contribution in [2.75, 3.05) is 27.3 Å². The monoisotopic (exact) mass is 349 g/mol. The normalized spacial score (nSPS) is 23.0. The zero-order valence-corrected chi connectivity index (χ0v) is 14.5. The summed E-state index contributed by atoms with van der Waals surface area (Å²) in [5.41, 5.74) is -0.287. The number of ether oxygens (including phenoxy) is 2. The molecule has 2 saturated heterocycles. The molecule has 0 bridgehead atoms. The fourth-order valence-corrected chi connectivity index (χ4v) is 3.86. The molecule has 8 nitrogen and oxygen atoms in total. The van der Waals surface area contributed by atoms with Gasteiger partial charge in [-0.3, -0.25) is 19.8 Å². The number of piperidine rings is 1. The molecular formula is C17H23N3O5. The molecule has 2 atom stereocenters. The maximum absolute atomic E-state index is 12.7. The van der Waals surface area contributed by atoms with Crippen LogP contribution < -0.4 is 14.8 Å². The Morgan fingerprint density at radius 2 is 1.92 bits per heavy atom. The van der Waals surface area contributed by atoms with Gasteiger partial charge in [0.25, 0.3) is 11.6 Å². The first-order chi connectivity index (χ1) is 12.0. The molecule has 1 aromatic carbocycles. The van der Waals surface area contributed by atoms with Crippen LogP contribution in [0.15, 0.2) is 12.1 Å². The lowest BCUT2D eigenvalue weighted by atomic mass is 9.98. The molecule has 2 heterocycles. The summed E-state index contributed by atoms with van der Waals surface area (Å²) in [6.45, 7) is 2.02. The number of amides is 1. The lowest BCUT2D eigenvalue weighted by Crippen LogP contribution is -2.46. The van der Waals surface area contributed by atoms with Crippen molar-refractivity contribution < 1.29 is 19.2 Å². The molecule has 0 spiro atoms. The van der Waals surface area contributed by atoms with Crippen LogP contribution in [0, 0.1) is 10.1 Å². The summed E-state index contributed by atoms with van der Waals surface area (Å²) in [5.74, 6) is 0.0825. The van der Waals surface area contributed by atoms with Gasteiger partial charge < -0.3 is 14.8 Å². The van der Waals surface area contributed by atoms with Crippen LogP contribution in [0.3, 0.4) is 0 Å². The quantitative estimate of drug-likeness (QED) is 0.645. The number of benzene rings is 1. The van der Waals surface area contributed by atoms with Crippen molar-refractivity contribution in [1.82, 2.24) is 10.2 Å². The van der Waals surface area contributed by atoms with Gasteiger partial charge in [-0.25, -0.2) is 0 Å². The summed E-state index contributed by atoms with van der Waals surface area (Å²) in [5, 5.41) is 14.4. The van der Waals surface area contributed by atoms with Crippen molar-refractivity contribution in [3.05, 3.63) is 27.8 Å². The van der Waals surface area contributed by atoms with Gasteiger partial charge in [-0.1, -0.05) is 6.42 Å². The number of carbonyl (C=O) groups excluding carboxylic acids is 1. The Balaban J connectivity index is 1.84. The first-order valence-electron chi connectivity index (χ1n) is 8.50. The number of carbonyl (C=O) groups is 1. The Hall–Kier alpha value is -2.35. The summed E-state index contributed by atoms with van der Waals surface area (Å²) < 4.78 is 10.3.